The Morgan fingerprint density at radius 3 is 2.65 bits per heavy atom. The Morgan fingerprint density at radius 2 is 1.94 bits per heavy atom. The number of rotatable bonds is 4. The van der Waals surface area contributed by atoms with Crippen molar-refractivity contribution >= 4 is 5.95 Å². The van der Waals surface area contributed by atoms with E-state index in [1.807, 2.05) is 48.3 Å². The lowest BCUT2D eigenvalue weighted by atomic mass is 10.1. The van der Waals surface area contributed by atoms with Crippen molar-refractivity contribution in [2.24, 2.45) is 0 Å². The lowest BCUT2D eigenvalue weighted by Gasteiger charge is -2.15. The van der Waals surface area contributed by atoms with Gasteiger partial charge in [0, 0.05) is 25.4 Å². The molecular weight excluding hydrogens is 214 g/mol. The zero-order chi connectivity index (χ0) is 12.1. The van der Waals surface area contributed by atoms with E-state index in [9.17, 15) is 0 Å². The van der Waals surface area contributed by atoms with E-state index >= 15 is 0 Å². The summed E-state index contributed by atoms with van der Waals surface area (Å²) in [6.07, 6.45) is 1.73. The summed E-state index contributed by atoms with van der Waals surface area (Å²) in [5.74, 6) is 0.625. The summed E-state index contributed by atoms with van der Waals surface area (Å²) >= 11 is 0. The SMILES string of the molecule is CN(CCO)c1nccc(-c2ccccc2)n1. The van der Waals surface area contributed by atoms with Crippen molar-refractivity contribution in [1.29, 1.82) is 0 Å². The molecule has 1 heterocycles. The molecule has 2 rings (SSSR count). The van der Waals surface area contributed by atoms with Gasteiger partial charge < -0.3 is 10.0 Å². The van der Waals surface area contributed by atoms with E-state index in [1.54, 1.807) is 6.20 Å². The van der Waals surface area contributed by atoms with Gasteiger partial charge in [-0.1, -0.05) is 30.3 Å². The number of anilines is 1. The summed E-state index contributed by atoms with van der Waals surface area (Å²) in [6.45, 7) is 0.619. The molecule has 0 saturated carbocycles. The first-order valence-corrected chi connectivity index (χ1v) is 5.51. The molecule has 0 fully saturated rings. The van der Waals surface area contributed by atoms with E-state index in [2.05, 4.69) is 9.97 Å². The highest BCUT2D eigenvalue weighted by atomic mass is 16.3. The van der Waals surface area contributed by atoms with Crippen molar-refractivity contribution in [2.75, 3.05) is 25.1 Å². The Hall–Kier alpha value is -1.94. The number of aliphatic hydroxyl groups is 1. The number of likely N-dealkylation sites (N-methyl/N-ethyl adjacent to an activating group) is 1. The van der Waals surface area contributed by atoms with Crippen LogP contribution in [0.4, 0.5) is 5.95 Å². The van der Waals surface area contributed by atoms with Gasteiger partial charge in [0.05, 0.1) is 12.3 Å². The van der Waals surface area contributed by atoms with Crippen LogP contribution in [0.1, 0.15) is 0 Å². The molecule has 1 aromatic carbocycles. The molecule has 17 heavy (non-hydrogen) atoms. The molecule has 0 aliphatic rings. The summed E-state index contributed by atoms with van der Waals surface area (Å²) in [5.41, 5.74) is 1.95. The van der Waals surface area contributed by atoms with Crippen LogP contribution >= 0.6 is 0 Å². The smallest absolute Gasteiger partial charge is 0.225 e. The second-order valence-electron chi connectivity index (χ2n) is 3.75. The summed E-state index contributed by atoms with van der Waals surface area (Å²) in [4.78, 5) is 10.5. The number of benzene rings is 1. The van der Waals surface area contributed by atoms with Gasteiger partial charge in [0.15, 0.2) is 0 Å². The minimum absolute atomic E-state index is 0.0927. The molecule has 0 radical (unpaired) electrons. The molecule has 88 valence electrons. The number of hydrogen-bond donors (Lipinski definition) is 1. The normalized spacial score (nSPS) is 10.2. The maximum absolute atomic E-state index is 8.89. The number of aromatic nitrogens is 2. The van der Waals surface area contributed by atoms with Crippen LogP contribution in [-0.2, 0) is 0 Å². The van der Waals surface area contributed by atoms with Crippen LogP contribution in [0.25, 0.3) is 11.3 Å². The zero-order valence-electron chi connectivity index (χ0n) is 9.74. The molecule has 4 nitrogen and oxygen atoms in total. The predicted molar refractivity (Wildman–Crippen MR) is 67.8 cm³/mol. The molecule has 0 aliphatic carbocycles. The molecule has 0 bridgehead atoms. The third-order valence-corrected chi connectivity index (χ3v) is 2.49. The quantitative estimate of drug-likeness (QED) is 0.864. The van der Waals surface area contributed by atoms with Crippen molar-refractivity contribution < 1.29 is 5.11 Å². The van der Waals surface area contributed by atoms with Gasteiger partial charge in [-0.25, -0.2) is 9.97 Å². The van der Waals surface area contributed by atoms with Crippen molar-refractivity contribution in [1.82, 2.24) is 9.97 Å². The zero-order valence-corrected chi connectivity index (χ0v) is 9.74. The van der Waals surface area contributed by atoms with E-state index in [4.69, 9.17) is 5.11 Å². The molecular formula is C13H15N3O. The van der Waals surface area contributed by atoms with Crippen molar-refractivity contribution in [3.8, 4) is 11.3 Å². The molecule has 1 aromatic heterocycles. The van der Waals surface area contributed by atoms with Gasteiger partial charge in [0.25, 0.3) is 0 Å². The number of nitrogens with zero attached hydrogens (tertiary/aromatic N) is 3. The topological polar surface area (TPSA) is 49.2 Å². The fourth-order valence-electron chi connectivity index (χ4n) is 1.55. The maximum Gasteiger partial charge on any atom is 0.225 e. The van der Waals surface area contributed by atoms with Gasteiger partial charge in [-0.3, -0.25) is 0 Å². The van der Waals surface area contributed by atoms with Crippen LogP contribution in [-0.4, -0.2) is 35.3 Å². The third-order valence-electron chi connectivity index (χ3n) is 2.49. The summed E-state index contributed by atoms with van der Waals surface area (Å²) in [5, 5.41) is 8.89. The highest BCUT2D eigenvalue weighted by Gasteiger charge is 2.05. The van der Waals surface area contributed by atoms with Crippen LogP contribution in [0, 0.1) is 0 Å². The second kappa shape index (κ2) is 5.41. The molecule has 1 N–H and O–H groups in total. The van der Waals surface area contributed by atoms with Crippen molar-refractivity contribution in [3.63, 3.8) is 0 Å². The van der Waals surface area contributed by atoms with Gasteiger partial charge in [-0.05, 0) is 6.07 Å². The Morgan fingerprint density at radius 1 is 1.18 bits per heavy atom. The molecule has 0 unspecified atom stereocenters. The molecule has 0 atom stereocenters. The van der Waals surface area contributed by atoms with Gasteiger partial charge in [0.2, 0.25) is 5.95 Å². The van der Waals surface area contributed by atoms with Gasteiger partial charge in [-0.15, -0.1) is 0 Å². The molecule has 2 aromatic rings. The van der Waals surface area contributed by atoms with Gasteiger partial charge in [0.1, 0.15) is 0 Å². The first-order chi connectivity index (χ1) is 8.31. The summed E-state index contributed by atoms with van der Waals surface area (Å²) in [6, 6.07) is 11.8. The minimum atomic E-state index is 0.0927. The standard InChI is InChI=1S/C13H15N3O/c1-16(9-10-17)13-14-8-7-12(15-13)11-5-3-2-4-6-11/h2-8,17H,9-10H2,1H3. The van der Waals surface area contributed by atoms with Crippen molar-refractivity contribution in [3.05, 3.63) is 42.6 Å². The Bertz CT molecular complexity index is 473. The van der Waals surface area contributed by atoms with Crippen molar-refractivity contribution in [2.45, 2.75) is 0 Å². The molecule has 4 heteroatoms. The lowest BCUT2D eigenvalue weighted by molar-refractivity contribution is 0.303. The van der Waals surface area contributed by atoms with E-state index in [0.717, 1.165) is 11.3 Å². The number of aliphatic hydroxyl groups excluding tert-OH is 1. The average molecular weight is 229 g/mol. The maximum atomic E-state index is 8.89. The molecule has 0 spiro atoms. The Kier molecular flexibility index (Phi) is 3.67. The molecule has 0 amide bonds. The minimum Gasteiger partial charge on any atom is -0.395 e. The first kappa shape index (κ1) is 11.5. The second-order valence-corrected chi connectivity index (χ2v) is 3.75. The summed E-state index contributed by atoms with van der Waals surface area (Å²) < 4.78 is 0. The lowest BCUT2D eigenvalue weighted by Crippen LogP contribution is -2.23. The highest BCUT2D eigenvalue weighted by Crippen LogP contribution is 2.17. The van der Waals surface area contributed by atoms with Crippen LogP contribution in [0.2, 0.25) is 0 Å². The monoisotopic (exact) mass is 229 g/mol. The van der Waals surface area contributed by atoms with Crippen LogP contribution < -0.4 is 4.90 Å². The van der Waals surface area contributed by atoms with E-state index < -0.39 is 0 Å². The average Bonchev–Trinajstić information content (AvgIpc) is 2.40. The highest BCUT2D eigenvalue weighted by molar-refractivity contribution is 5.59. The van der Waals surface area contributed by atoms with Gasteiger partial charge in [-0.2, -0.15) is 0 Å². The van der Waals surface area contributed by atoms with Crippen LogP contribution in [0.5, 0.6) is 0 Å². The Balaban J connectivity index is 2.29. The fourth-order valence-corrected chi connectivity index (χ4v) is 1.55. The van der Waals surface area contributed by atoms with Crippen LogP contribution in [0.3, 0.4) is 0 Å². The number of hydrogen-bond acceptors (Lipinski definition) is 4. The fraction of sp³-hybridized carbons (Fsp3) is 0.231. The Labute approximate surface area is 101 Å². The van der Waals surface area contributed by atoms with E-state index in [-0.39, 0.29) is 6.61 Å². The molecule has 0 saturated heterocycles. The van der Waals surface area contributed by atoms with E-state index in [0.29, 0.717) is 12.5 Å². The predicted octanol–water partition coefficient (Wildman–Crippen LogP) is 1.57. The van der Waals surface area contributed by atoms with E-state index in [1.165, 1.54) is 0 Å². The molecule has 0 aliphatic heterocycles. The largest absolute Gasteiger partial charge is 0.395 e. The van der Waals surface area contributed by atoms with Gasteiger partial charge >= 0.3 is 0 Å². The first-order valence-electron chi connectivity index (χ1n) is 5.51. The van der Waals surface area contributed by atoms with Crippen LogP contribution in [0.15, 0.2) is 42.6 Å². The summed E-state index contributed by atoms with van der Waals surface area (Å²) in [7, 11) is 1.86. The third kappa shape index (κ3) is 2.79.